The number of benzene rings is 1. The molecule has 0 saturated carbocycles. The zero-order valence-corrected chi connectivity index (χ0v) is 14.0. The molecule has 0 aliphatic heterocycles. The molecule has 7 nitrogen and oxygen atoms in total. The summed E-state index contributed by atoms with van der Waals surface area (Å²) in [6.45, 7) is 7.45. The molecule has 0 spiro atoms. The van der Waals surface area contributed by atoms with E-state index in [0.29, 0.717) is 10.8 Å². The first-order valence-electron chi connectivity index (χ1n) is 6.89. The fourth-order valence-electron chi connectivity index (χ4n) is 1.84. The fourth-order valence-corrected chi connectivity index (χ4v) is 1.96. The molecule has 2 aromatic rings. The molecule has 1 aromatic heterocycles. The molecular weight excluding hydrogens is 320 g/mol. The average molecular weight is 337 g/mol. The minimum Gasteiger partial charge on any atom is -0.434 e. The molecule has 23 heavy (non-hydrogen) atoms. The van der Waals surface area contributed by atoms with Crippen LogP contribution < -0.4 is 10.1 Å². The van der Waals surface area contributed by atoms with Crippen LogP contribution in [0.15, 0.2) is 24.5 Å². The van der Waals surface area contributed by atoms with Crippen molar-refractivity contribution < 1.29 is 9.66 Å². The fraction of sp³-hybridized carbons (Fsp3) is 0.333. The second-order valence-electron chi connectivity index (χ2n) is 6.02. The third-order valence-corrected chi connectivity index (χ3v) is 3.23. The SMILES string of the molecule is Cc1cc(Oc2ncnc(NC(C)(C)C)c2[N+](=O)[O-])ccc1Cl. The molecule has 8 heteroatoms. The highest BCUT2D eigenvalue weighted by Gasteiger charge is 2.27. The number of nitrogens with one attached hydrogen (secondary N) is 1. The minimum atomic E-state index is -0.563. The number of rotatable bonds is 4. The van der Waals surface area contributed by atoms with Crippen LogP contribution in [0.1, 0.15) is 26.3 Å². The van der Waals surface area contributed by atoms with Gasteiger partial charge in [0.05, 0.1) is 4.92 Å². The summed E-state index contributed by atoms with van der Waals surface area (Å²) in [7, 11) is 0. The highest BCUT2D eigenvalue weighted by atomic mass is 35.5. The number of hydrogen-bond donors (Lipinski definition) is 1. The van der Waals surface area contributed by atoms with Gasteiger partial charge in [-0.2, -0.15) is 4.98 Å². The summed E-state index contributed by atoms with van der Waals surface area (Å²) in [5.74, 6) is 0.395. The lowest BCUT2D eigenvalue weighted by Gasteiger charge is -2.21. The molecule has 0 atom stereocenters. The Kier molecular flexibility index (Phi) is 4.70. The second-order valence-corrected chi connectivity index (χ2v) is 6.43. The quantitative estimate of drug-likeness (QED) is 0.659. The van der Waals surface area contributed by atoms with Gasteiger partial charge in [0.25, 0.3) is 0 Å². The van der Waals surface area contributed by atoms with E-state index in [1.807, 2.05) is 27.7 Å². The standard InChI is InChI=1S/C15H17ClN4O3/c1-9-7-10(5-6-11(9)16)23-14-12(20(21)22)13(17-8-18-14)19-15(2,3)4/h5-8H,1-4H3,(H,17,18,19). The Bertz CT molecular complexity index is 744. The van der Waals surface area contributed by atoms with Crippen LogP contribution in [0.2, 0.25) is 5.02 Å². The lowest BCUT2D eigenvalue weighted by atomic mass is 10.1. The van der Waals surface area contributed by atoms with Crippen LogP contribution in [0, 0.1) is 17.0 Å². The van der Waals surface area contributed by atoms with Crippen molar-refractivity contribution in [2.75, 3.05) is 5.32 Å². The third kappa shape index (κ3) is 4.29. The van der Waals surface area contributed by atoms with E-state index in [1.165, 1.54) is 6.33 Å². The van der Waals surface area contributed by atoms with Crippen LogP contribution in [-0.2, 0) is 0 Å². The largest absolute Gasteiger partial charge is 0.434 e. The predicted octanol–water partition coefficient (Wildman–Crippen LogP) is 4.35. The van der Waals surface area contributed by atoms with Gasteiger partial charge in [-0.1, -0.05) is 11.6 Å². The summed E-state index contributed by atoms with van der Waals surface area (Å²) < 4.78 is 5.57. The van der Waals surface area contributed by atoms with Crippen molar-refractivity contribution in [1.29, 1.82) is 0 Å². The van der Waals surface area contributed by atoms with E-state index in [2.05, 4.69) is 15.3 Å². The first-order valence-corrected chi connectivity index (χ1v) is 7.27. The van der Waals surface area contributed by atoms with Crippen molar-refractivity contribution in [3.05, 3.63) is 45.2 Å². The zero-order chi connectivity index (χ0) is 17.2. The van der Waals surface area contributed by atoms with Gasteiger partial charge in [-0.25, -0.2) is 4.98 Å². The van der Waals surface area contributed by atoms with Crippen molar-refractivity contribution >= 4 is 23.1 Å². The Morgan fingerprint density at radius 3 is 2.57 bits per heavy atom. The molecule has 0 saturated heterocycles. The predicted molar refractivity (Wildman–Crippen MR) is 88.3 cm³/mol. The van der Waals surface area contributed by atoms with Gasteiger partial charge in [0.2, 0.25) is 5.82 Å². The van der Waals surface area contributed by atoms with E-state index in [4.69, 9.17) is 16.3 Å². The van der Waals surface area contributed by atoms with Crippen LogP contribution in [0.5, 0.6) is 11.6 Å². The van der Waals surface area contributed by atoms with Crippen molar-refractivity contribution in [1.82, 2.24) is 9.97 Å². The van der Waals surface area contributed by atoms with Crippen molar-refractivity contribution in [2.24, 2.45) is 0 Å². The van der Waals surface area contributed by atoms with Gasteiger partial charge in [-0.3, -0.25) is 10.1 Å². The summed E-state index contributed by atoms with van der Waals surface area (Å²) in [6.07, 6.45) is 1.22. The molecule has 0 bridgehead atoms. The molecule has 122 valence electrons. The van der Waals surface area contributed by atoms with Gasteiger partial charge in [-0.05, 0) is 51.5 Å². The van der Waals surface area contributed by atoms with E-state index >= 15 is 0 Å². The molecule has 0 unspecified atom stereocenters. The number of anilines is 1. The maximum absolute atomic E-state index is 11.4. The number of ether oxygens (including phenoxy) is 1. The van der Waals surface area contributed by atoms with E-state index in [-0.39, 0.29) is 17.4 Å². The maximum Gasteiger partial charge on any atom is 0.373 e. The van der Waals surface area contributed by atoms with E-state index in [9.17, 15) is 10.1 Å². The Morgan fingerprint density at radius 2 is 2.00 bits per heavy atom. The monoisotopic (exact) mass is 336 g/mol. The summed E-state index contributed by atoms with van der Waals surface area (Å²) in [5.41, 5.74) is 0.0942. The summed E-state index contributed by atoms with van der Waals surface area (Å²) in [6, 6.07) is 4.97. The van der Waals surface area contributed by atoms with Gasteiger partial charge < -0.3 is 10.1 Å². The first-order chi connectivity index (χ1) is 10.7. The molecule has 0 radical (unpaired) electrons. The third-order valence-electron chi connectivity index (χ3n) is 2.81. The van der Waals surface area contributed by atoms with E-state index in [1.54, 1.807) is 18.2 Å². The smallest absolute Gasteiger partial charge is 0.373 e. The maximum atomic E-state index is 11.4. The second kappa shape index (κ2) is 6.37. The van der Waals surface area contributed by atoms with Crippen LogP contribution in [0.4, 0.5) is 11.5 Å². The lowest BCUT2D eigenvalue weighted by Crippen LogP contribution is -2.27. The lowest BCUT2D eigenvalue weighted by molar-refractivity contribution is -0.385. The number of hydrogen-bond acceptors (Lipinski definition) is 6. The Hall–Kier alpha value is -2.41. The van der Waals surface area contributed by atoms with E-state index < -0.39 is 10.5 Å². The Labute approximate surface area is 138 Å². The topological polar surface area (TPSA) is 90.2 Å². The van der Waals surface area contributed by atoms with Crippen LogP contribution in [0.3, 0.4) is 0 Å². The number of halogens is 1. The number of nitro groups is 1. The van der Waals surface area contributed by atoms with Crippen LogP contribution in [0.25, 0.3) is 0 Å². The molecule has 0 aliphatic rings. The molecule has 1 aromatic carbocycles. The average Bonchev–Trinajstić information content (AvgIpc) is 2.41. The molecule has 0 amide bonds. The highest BCUT2D eigenvalue weighted by molar-refractivity contribution is 6.31. The van der Waals surface area contributed by atoms with Gasteiger partial charge in [0.15, 0.2) is 0 Å². The van der Waals surface area contributed by atoms with Crippen LogP contribution >= 0.6 is 11.6 Å². The molecular formula is C15H17ClN4O3. The van der Waals surface area contributed by atoms with Gasteiger partial charge in [0, 0.05) is 10.6 Å². The van der Waals surface area contributed by atoms with Gasteiger partial charge in [0.1, 0.15) is 12.1 Å². The van der Waals surface area contributed by atoms with Gasteiger partial charge in [-0.15, -0.1) is 0 Å². The number of aromatic nitrogens is 2. The van der Waals surface area contributed by atoms with Crippen molar-refractivity contribution in [2.45, 2.75) is 33.2 Å². The molecule has 1 heterocycles. The molecule has 2 rings (SSSR count). The van der Waals surface area contributed by atoms with E-state index in [0.717, 1.165) is 5.56 Å². The minimum absolute atomic E-state index is 0.109. The van der Waals surface area contributed by atoms with Crippen molar-refractivity contribution in [3.8, 4) is 11.6 Å². The first kappa shape index (κ1) is 17.0. The number of aryl methyl sites for hydroxylation is 1. The number of nitrogens with zero attached hydrogens (tertiary/aromatic N) is 3. The molecule has 0 fully saturated rings. The summed E-state index contributed by atoms with van der Waals surface area (Å²) >= 11 is 5.96. The summed E-state index contributed by atoms with van der Waals surface area (Å²) in [5, 5.41) is 15.0. The van der Waals surface area contributed by atoms with Gasteiger partial charge >= 0.3 is 11.6 Å². The van der Waals surface area contributed by atoms with Crippen LogP contribution in [-0.4, -0.2) is 20.4 Å². The zero-order valence-electron chi connectivity index (χ0n) is 13.3. The molecule has 0 aliphatic carbocycles. The highest BCUT2D eigenvalue weighted by Crippen LogP contribution is 2.35. The van der Waals surface area contributed by atoms with Crippen molar-refractivity contribution in [3.63, 3.8) is 0 Å². The Balaban J connectivity index is 2.43. The Morgan fingerprint density at radius 1 is 1.30 bits per heavy atom. The summed E-state index contributed by atoms with van der Waals surface area (Å²) in [4.78, 5) is 18.7. The normalized spacial score (nSPS) is 11.2. The molecule has 1 N–H and O–H groups in total.